The molecule has 0 radical (unpaired) electrons. The molecule has 0 atom stereocenters. The number of ether oxygens (including phenoxy) is 1. The number of hydrogen-bond donors (Lipinski definition) is 1. The lowest BCUT2D eigenvalue weighted by molar-refractivity contribution is -0.113. The van der Waals surface area contributed by atoms with Gasteiger partial charge < -0.3 is 9.84 Å². The fraction of sp³-hybridized carbons (Fsp3) is 0.0500. The normalized spacial score (nSPS) is 15.6. The number of thiocarbonyl (C=S) groups is 1. The highest BCUT2D eigenvalue weighted by Crippen LogP contribution is 2.37. The van der Waals surface area contributed by atoms with Gasteiger partial charge in [-0.05, 0) is 54.6 Å². The molecule has 1 saturated heterocycles. The van der Waals surface area contributed by atoms with Crippen LogP contribution in [0.4, 0.5) is 5.69 Å². The highest BCUT2D eigenvalue weighted by atomic mass is 35.5. The Kier molecular flexibility index (Phi) is 4.97. The molecular weight excluding hydrogens is 416 g/mol. The zero-order valence-electron chi connectivity index (χ0n) is 14.5. The number of phenolic OH excluding ortho intramolecular Hbond substituents is 1. The summed E-state index contributed by atoms with van der Waals surface area (Å²) in [4.78, 5) is 19.2. The minimum atomic E-state index is -0.248. The second kappa shape index (κ2) is 7.43. The van der Waals surface area contributed by atoms with E-state index in [1.54, 1.807) is 25.3 Å². The van der Waals surface area contributed by atoms with Crippen LogP contribution in [0.15, 0.2) is 53.4 Å². The number of amides is 1. The highest BCUT2D eigenvalue weighted by Gasteiger charge is 2.33. The van der Waals surface area contributed by atoms with E-state index >= 15 is 0 Å². The van der Waals surface area contributed by atoms with E-state index in [4.69, 9.17) is 28.6 Å². The first-order chi connectivity index (χ1) is 13.5. The molecule has 1 aromatic heterocycles. The maximum Gasteiger partial charge on any atom is 0.270 e. The van der Waals surface area contributed by atoms with Gasteiger partial charge in [-0.1, -0.05) is 35.6 Å². The third-order valence-corrected chi connectivity index (χ3v) is 5.80. The number of carbonyl (C=O) groups excluding carboxylic acids is 1. The summed E-state index contributed by atoms with van der Waals surface area (Å²) in [5.41, 5.74) is 1.95. The van der Waals surface area contributed by atoms with Gasteiger partial charge in [0.15, 0.2) is 4.32 Å². The summed E-state index contributed by atoms with van der Waals surface area (Å²) >= 11 is 12.9. The number of aromatic nitrogens is 1. The Balaban J connectivity index is 1.72. The Morgan fingerprint density at radius 1 is 1.21 bits per heavy atom. The molecule has 8 heteroatoms. The van der Waals surface area contributed by atoms with Crippen molar-refractivity contribution in [1.29, 1.82) is 0 Å². The maximum atomic E-state index is 12.9. The number of carbonyl (C=O) groups is 1. The van der Waals surface area contributed by atoms with E-state index in [2.05, 4.69) is 4.98 Å². The number of fused-ring (bicyclic) bond motifs is 1. The molecule has 0 saturated carbocycles. The summed E-state index contributed by atoms with van der Waals surface area (Å²) in [6.07, 6.45) is 1.69. The fourth-order valence-electron chi connectivity index (χ4n) is 2.81. The zero-order chi connectivity index (χ0) is 19.8. The lowest BCUT2D eigenvalue weighted by Crippen LogP contribution is -2.27. The first kappa shape index (κ1) is 18.7. The molecule has 0 aliphatic carbocycles. The number of hydrogen-bond acceptors (Lipinski definition) is 6. The summed E-state index contributed by atoms with van der Waals surface area (Å²) in [5.74, 6) is 0.581. The third-order valence-electron chi connectivity index (χ3n) is 4.19. The van der Waals surface area contributed by atoms with E-state index in [9.17, 15) is 9.90 Å². The molecule has 2 aromatic carbocycles. The SMILES string of the molecule is COc1ccc2nc(Cl)c(C=C3SC(=S)N(c4ccc(O)cc4)C3=O)cc2c1. The topological polar surface area (TPSA) is 62.7 Å². The van der Waals surface area contributed by atoms with Crippen molar-refractivity contribution in [1.82, 2.24) is 4.98 Å². The molecule has 140 valence electrons. The van der Waals surface area contributed by atoms with Crippen molar-refractivity contribution >= 4 is 68.5 Å². The zero-order valence-corrected chi connectivity index (χ0v) is 16.9. The lowest BCUT2D eigenvalue weighted by atomic mass is 10.1. The molecule has 1 aliphatic heterocycles. The minimum Gasteiger partial charge on any atom is -0.508 e. The average Bonchev–Trinajstić information content (AvgIpc) is 2.96. The van der Waals surface area contributed by atoms with Crippen LogP contribution >= 0.6 is 35.6 Å². The summed E-state index contributed by atoms with van der Waals surface area (Å²) in [5, 5.41) is 10.6. The van der Waals surface area contributed by atoms with Gasteiger partial charge in [-0.3, -0.25) is 9.69 Å². The fourth-order valence-corrected chi connectivity index (χ4v) is 4.30. The van der Waals surface area contributed by atoms with Gasteiger partial charge in [0.25, 0.3) is 5.91 Å². The molecule has 0 spiro atoms. The van der Waals surface area contributed by atoms with Crippen molar-refractivity contribution in [3.8, 4) is 11.5 Å². The predicted octanol–water partition coefficient (Wildman–Crippen LogP) is 5.01. The quantitative estimate of drug-likeness (QED) is 0.359. The van der Waals surface area contributed by atoms with Gasteiger partial charge in [-0.25, -0.2) is 4.98 Å². The monoisotopic (exact) mass is 428 g/mol. The number of phenols is 1. The van der Waals surface area contributed by atoms with Crippen LogP contribution in [0, 0.1) is 0 Å². The number of halogens is 1. The van der Waals surface area contributed by atoms with Crippen LogP contribution in [0.1, 0.15) is 5.56 Å². The van der Waals surface area contributed by atoms with E-state index in [0.29, 0.717) is 31.4 Å². The Hall–Kier alpha value is -2.61. The van der Waals surface area contributed by atoms with Gasteiger partial charge in [0.1, 0.15) is 16.7 Å². The number of anilines is 1. The smallest absolute Gasteiger partial charge is 0.270 e. The van der Waals surface area contributed by atoms with Crippen LogP contribution in [0.2, 0.25) is 5.15 Å². The number of aromatic hydroxyl groups is 1. The molecule has 1 amide bonds. The highest BCUT2D eigenvalue weighted by molar-refractivity contribution is 8.27. The van der Waals surface area contributed by atoms with Crippen LogP contribution in [0.5, 0.6) is 11.5 Å². The van der Waals surface area contributed by atoms with Crippen molar-refractivity contribution < 1.29 is 14.6 Å². The van der Waals surface area contributed by atoms with Crippen LogP contribution in [0.25, 0.3) is 17.0 Å². The van der Waals surface area contributed by atoms with Crippen molar-refractivity contribution in [3.05, 3.63) is 64.2 Å². The molecule has 0 unspecified atom stereocenters. The molecule has 1 N–H and O–H groups in total. The first-order valence-electron chi connectivity index (χ1n) is 8.17. The summed E-state index contributed by atoms with van der Waals surface area (Å²) in [6, 6.07) is 13.7. The van der Waals surface area contributed by atoms with Crippen molar-refractivity contribution in [2.75, 3.05) is 12.0 Å². The van der Waals surface area contributed by atoms with E-state index in [0.717, 1.165) is 10.9 Å². The first-order valence-corrected chi connectivity index (χ1v) is 9.78. The van der Waals surface area contributed by atoms with Gasteiger partial charge in [-0.15, -0.1) is 0 Å². The van der Waals surface area contributed by atoms with E-state index in [1.165, 1.54) is 28.8 Å². The number of pyridine rings is 1. The second-order valence-electron chi connectivity index (χ2n) is 5.96. The third kappa shape index (κ3) is 3.44. The Morgan fingerprint density at radius 2 is 1.96 bits per heavy atom. The molecule has 1 aliphatic rings. The second-order valence-corrected chi connectivity index (χ2v) is 7.99. The molecule has 28 heavy (non-hydrogen) atoms. The van der Waals surface area contributed by atoms with Crippen molar-refractivity contribution in [2.45, 2.75) is 0 Å². The average molecular weight is 429 g/mol. The predicted molar refractivity (Wildman–Crippen MR) is 117 cm³/mol. The largest absolute Gasteiger partial charge is 0.508 e. The van der Waals surface area contributed by atoms with Gasteiger partial charge in [0.2, 0.25) is 0 Å². The Labute approximate surface area is 175 Å². The number of rotatable bonds is 3. The van der Waals surface area contributed by atoms with Gasteiger partial charge in [0.05, 0.1) is 23.2 Å². The number of methoxy groups -OCH3 is 1. The summed E-state index contributed by atoms with van der Waals surface area (Å²) < 4.78 is 5.66. The van der Waals surface area contributed by atoms with E-state index in [-0.39, 0.29) is 11.7 Å². The van der Waals surface area contributed by atoms with Gasteiger partial charge in [0, 0.05) is 10.9 Å². The number of thioether (sulfide) groups is 1. The summed E-state index contributed by atoms with van der Waals surface area (Å²) in [7, 11) is 1.60. The van der Waals surface area contributed by atoms with Crippen LogP contribution in [-0.4, -0.2) is 27.4 Å². The lowest BCUT2D eigenvalue weighted by Gasteiger charge is -2.14. The van der Waals surface area contributed by atoms with Crippen LogP contribution in [-0.2, 0) is 4.79 Å². The van der Waals surface area contributed by atoms with Crippen LogP contribution in [0.3, 0.4) is 0 Å². The van der Waals surface area contributed by atoms with Crippen molar-refractivity contribution in [3.63, 3.8) is 0 Å². The molecular formula is C20H13ClN2O3S2. The Morgan fingerprint density at radius 3 is 2.68 bits per heavy atom. The standard InChI is InChI=1S/C20H13ClN2O3S2/c1-26-15-6-7-16-11(9-15)8-12(18(21)22-16)10-17-19(25)23(20(27)28-17)13-2-4-14(24)5-3-13/h2-10,24H,1H3. The number of nitrogens with zero attached hydrogens (tertiary/aromatic N) is 2. The van der Waals surface area contributed by atoms with Gasteiger partial charge >= 0.3 is 0 Å². The van der Waals surface area contributed by atoms with Gasteiger partial charge in [-0.2, -0.15) is 0 Å². The molecule has 0 bridgehead atoms. The van der Waals surface area contributed by atoms with Crippen LogP contribution < -0.4 is 9.64 Å². The van der Waals surface area contributed by atoms with Crippen molar-refractivity contribution in [2.24, 2.45) is 0 Å². The molecule has 5 nitrogen and oxygen atoms in total. The maximum absolute atomic E-state index is 12.9. The minimum absolute atomic E-state index is 0.120. The molecule has 4 rings (SSSR count). The molecule has 2 heterocycles. The number of benzene rings is 2. The summed E-state index contributed by atoms with van der Waals surface area (Å²) in [6.45, 7) is 0. The van der Waals surface area contributed by atoms with E-state index < -0.39 is 0 Å². The molecule has 3 aromatic rings. The Bertz CT molecular complexity index is 1150. The molecule has 1 fully saturated rings. The van der Waals surface area contributed by atoms with E-state index in [1.807, 2.05) is 24.3 Å².